The molecule has 27 heavy (non-hydrogen) atoms. The van der Waals surface area contributed by atoms with E-state index < -0.39 is 0 Å². The molecule has 1 aromatic carbocycles. The molecule has 2 atom stereocenters. The highest BCUT2D eigenvalue weighted by Crippen LogP contribution is 2.27. The maximum atomic E-state index is 12.7. The van der Waals surface area contributed by atoms with Crippen molar-refractivity contribution in [3.63, 3.8) is 0 Å². The van der Waals surface area contributed by atoms with Crippen LogP contribution in [0.3, 0.4) is 0 Å². The molecular formula is C22H33N3O2. The summed E-state index contributed by atoms with van der Waals surface area (Å²) >= 11 is 0. The fourth-order valence-corrected chi connectivity index (χ4v) is 4.40. The number of piperidine rings is 1. The Morgan fingerprint density at radius 2 is 1.93 bits per heavy atom. The van der Waals surface area contributed by atoms with Crippen molar-refractivity contribution in [2.75, 3.05) is 31.1 Å². The van der Waals surface area contributed by atoms with Crippen LogP contribution >= 0.6 is 0 Å². The third kappa shape index (κ3) is 4.70. The second kappa shape index (κ2) is 8.01. The highest BCUT2D eigenvalue weighted by atomic mass is 16.2. The number of carbonyl (C=O) groups excluding carboxylic acids is 2. The number of likely N-dealkylation sites (tertiary alicyclic amines) is 1. The SMILES string of the molecule is CC1CC(C)CN(C(C)(C)CNC(=O)c2cccc(N3CCCC3=O)c2)C1. The van der Waals surface area contributed by atoms with Gasteiger partial charge in [0.2, 0.25) is 5.91 Å². The highest BCUT2D eigenvalue weighted by molar-refractivity contribution is 5.99. The van der Waals surface area contributed by atoms with E-state index in [0.29, 0.717) is 30.4 Å². The van der Waals surface area contributed by atoms with Crippen molar-refractivity contribution in [3.05, 3.63) is 29.8 Å². The number of nitrogens with zero attached hydrogens (tertiary/aromatic N) is 2. The lowest BCUT2D eigenvalue weighted by Gasteiger charge is -2.45. The van der Waals surface area contributed by atoms with Gasteiger partial charge in [0.25, 0.3) is 5.91 Å². The fraction of sp³-hybridized carbons (Fsp3) is 0.636. The normalized spacial score (nSPS) is 24.3. The molecule has 2 heterocycles. The molecule has 0 aromatic heterocycles. The van der Waals surface area contributed by atoms with Crippen molar-refractivity contribution in [3.8, 4) is 0 Å². The molecule has 2 unspecified atom stereocenters. The Labute approximate surface area is 163 Å². The van der Waals surface area contributed by atoms with Crippen molar-refractivity contribution in [2.45, 2.75) is 52.5 Å². The molecule has 1 N–H and O–H groups in total. The maximum absolute atomic E-state index is 12.7. The molecule has 148 valence electrons. The number of carbonyl (C=O) groups is 2. The fourth-order valence-electron chi connectivity index (χ4n) is 4.40. The smallest absolute Gasteiger partial charge is 0.251 e. The van der Waals surface area contributed by atoms with Crippen molar-refractivity contribution in [2.24, 2.45) is 11.8 Å². The number of nitrogens with one attached hydrogen (secondary N) is 1. The zero-order valence-corrected chi connectivity index (χ0v) is 17.1. The summed E-state index contributed by atoms with van der Waals surface area (Å²) < 4.78 is 0. The van der Waals surface area contributed by atoms with E-state index in [-0.39, 0.29) is 17.4 Å². The molecule has 1 aromatic rings. The van der Waals surface area contributed by atoms with Crippen LogP contribution in [0.25, 0.3) is 0 Å². The van der Waals surface area contributed by atoms with Crippen LogP contribution < -0.4 is 10.2 Å². The molecule has 2 saturated heterocycles. The molecule has 2 aliphatic heterocycles. The zero-order chi connectivity index (χ0) is 19.6. The average Bonchev–Trinajstić information content (AvgIpc) is 3.05. The molecule has 0 bridgehead atoms. The minimum atomic E-state index is -0.0822. The lowest BCUT2D eigenvalue weighted by molar-refractivity contribution is -0.117. The van der Waals surface area contributed by atoms with Crippen molar-refractivity contribution >= 4 is 17.5 Å². The van der Waals surface area contributed by atoms with E-state index in [4.69, 9.17) is 0 Å². The summed E-state index contributed by atoms with van der Waals surface area (Å²) in [5.74, 6) is 1.45. The summed E-state index contributed by atoms with van der Waals surface area (Å²) in [6.07, 6.45) is 2.76. The van der Waals surface area contributed by atoms with Gasteiger partial charge in [0.05, 0.1) is 0 Å². The summed E-state index contributed by atoms with van der Waals surface area (Å²) in [4.78, 5) is 29.0. The molecule has 0 saturated carbocycles. The van der Waals surface area contributed by atoms with Gasteiger partial charge in [-0.1, -0.05) is 19.9 Å². The van der Waals surface area contributed by atoms with Gasteiger partial charge in [0.15, 0.2) is 0 Å². The molecule has 5 heteroatoms. The van der Waals surface area contributed by atoms with Crippen molar-refractivity contribution < 1.29 is 9.59 Å². The van der Waals surface area contributed by atoms with E-state index in [2.05, 4.69) is 37.9 Å². The van der Waals surface area contributed by atoms with E-state index in [1.807, 2.05) is 24.3 Å². The summed E-state index contributed by atoms with van der Waals surface area (Å²) in [7, 11) is 0. The van der Waals surface area contributed by atoms with E-state index in [1.54, 1.807) is 4.90 Å². The molecule has 0 radical (unpaired) electrons. The monoisotopic (exact) mass is 371 g/mol. The van der Waals surface area contributed by atoms with E-state index in [1.165, 1.54) is 6.42 Å². The number of amides is 2. The van der Waals surface area contributed by atoms with E-state index in [0.717, 1.165) is 31.7 Å². The highest BCUT2D eigenvalue weighted by Gasteiger charge is 2.33. The Morgan fingerprint density at radius 3 is 2.56 bits per heavy atom. The first kappa shape index (κ1) is 19.9. The Balaban J connectivity index is 1.62. The first-order valence-corrected chi connectivity index (χ1v) is 10.2. The summed E-state index contributed by atoms with van der Waals surface area (Å²) in [6.45, 7) is 12.5. The average molecular weight is 372 g/mol. The molecule has 2 aliphatic rings. The largest absolute Gasteiger partial charge is 0.350 e. The predicted molar refractivity (Wildman–Crippen MR) is 109 cm³/mol. The predicted octanol–water partition coefficient (Wildman–Crippen LogP) is 3.30. The van der Waals surface area contributed by atoms with Crippen LogP contribution in [0.1, 0.15) is 57.3 Å². The number of hydrogen-bond donors (Lipinski definition) is 1. The molecule has 2 amide bonds. The van der Waals surface area contributed by atoms with Gasteiger partial charge in [-0.3, -0.25) is 14.5 Å². The Morgan fingerprint density at radius 1 is 1.22 bits per heavy atom. The first-order valence-electron chi connectivity index (χ1n) is 10.2. The summed E-state index contributed by atoms with van der Waals surface area (Å²) in [5, 5.41) is 3.11. The molecule has 0 spiro atoms. The van der Waals surface area contributed by atoms with Crippen LogP contribution in [0.4, 0.5) is 5.69 Å². The standard InChI is InChI=1S/C22H33N3O2/c1-16-11-17(2)14-24(13-16)22(3,4)15-23-21(27)18-7-5-8-19(12-18)25-10-6-9-20(25)26/h5,7-8,12,16-17H,6,9-11,13-15H2,1-4H3,(H,23,27). The maximum Gasteiger partial charge on any atom is 0.251 e. The van der Waals surface area contributed by atoms with Crippen LogP contribution in [0.15, 0.2) is 24.3 Å². The molecular weight excluding hydrogens is 338 g/mol. The van der Waals surface area contributed by atoms with Gasteiger partial charge in [0, 0.05) is 49.4 Å². The summed E-state index contributed by atoms with van der Waals surface area (Å²) in [5.41, 5.74) is 1.35. The lowest BCUT2D eigenvalue weighted by Crippen LogP contribution is -2.56. The van der Waals surface area contributed by atoms with Crippen LogP contribution in [-0.2, 0) is 4.79 Å². The summed E-state index contributed by atoms with van der Waals surface area (Å²) in [6, 6.07) is 7.41. The van der Waals surface area contributed by atoms with Gasteiger partial charge in [0.1, 0.15) is 0 Å². The number of benzene rings is 1. The van der Waals surface area contributed by atoms with E-state index in [9.17, 15) is 9.59 Å². The third-order valence-electron chi connectivity index (χ3n) is 5.90. The Hall–Kier alpha value is -1.88. The van der Waals surface area contributed by atoms with Crippen LogP contribution in [-0.4, -0.2) is 48.4 Å². The Kier molecular flexibility index (Phi) is 5.89. The lowest BCUT2D eigenvalue weighted by atomic mass is 9.88. The van der Waals surface area contributed by atoms with Crippen LogP contribution in [0.5, 0.6) is 0 Å². The minimum absolute atomic E-state index is 0.0744. The third-order valence-corrected chi connectivity index (χ3v) is 5.90. The van der Waals surface area contributed by atoms with Crippen LogP contribution in [0.2, 0.25) is 0 Å². The van der Waals surface area contributed by atoms with Gasteiger partial charge < -0.3 is 10.2 Å². The quantitative estimate of drug-likeness (QED) is 0.864. The van der Waals surface area contributed by atoms with Crippen molar-refractivity contribution in [1.82, 2.24) is 10.2 Å². The Bertz CT molecular complexity index is 691. The van der Waals surface area contributed by atoms with Crippen LogP contribution in [0, 0.1) is 11.8 Å². The van der Waals surface area contributed by atoms with Gasteiger partial charge in [-0.05, 0) is 56.7 Å². The second-order valence-corrected chi connectivity index (χ2v) is 9.05. The van der Waals surface area contributed by atoms with Gasteiger partial charge in [-0.2, -0.15) is 0 Å². The van der Waals surface area contributed by atoms with Gasteiger partial charge in [-0.25, -0.2) is 0 Å². The number of anilines is 1. The number of hydrogen-bond acceptors (Lipinski definition) is 3. The number of rotatable bonds is 5. The zero-order valence-electron chi connectivity index (χ0n) is 17.1. The van der Waals surface area contributed by atoms with Gasteiger partial charge in [-0.15, -0.1) is 0 Å². The minimum Gasteiger partial charge on any atom is -0.350 e. The van der Waals surface area contributed by atoms with Gasteiger partial charge >= 0.3 is 0 Å². The molecule has 5 nitrogen and oxygen atoms in total. The first-order chi connectivity index (χ1) is 12.8. The second-order valence-electron chi connectivity index (χ2n) is 9.05. The van der Waals surface area contributed by atoms with Crippen molar-refractivity contribution in [1.29, 1.82) is 0 Å². The molecule has 3 rings (SSSR count). The topological polar surface area (TPSA) is 52.7 Å². The molecule has 0 aliphatic carbocycles. The van der Waals surface area contributed by atoms with E-state index >= 15 is 0 Å². The molecule has 2 fully saturated rings.